The Morgan fingerprint density at radius 3 is 2.73 bits per heavy atom. The van der Waals surface area contributed by atoms with Gasteiger partial charge in [0, 0.05) is 16.3 Å². The van der Waals surface area contributed by atoms with Crippen LogP contribution in [0.15, 0.2) is 42.5 Å². The third-order valence-electron chi connectivity index (χ3n) is 3.60. The summed E-state index contributed by atoms with van der Waals surface area (Å²) < 4.78 is 0. The molecule has 3 N–H and O–H groups in total. The van der Waals surface area contributed by atoms with Crippen LogP contribution in [0.5, 0.6) is 0 Å². The molecule has 0 aliphatic rings. The molecule has 0 atom stereocenters. The van der Waals surface area contributed by atoms with Crippen molar-refractivity contribution in [2.24, 2.45) is 0 Å². The lowest BCUT2D eigenvalue weighted by Gasteiger charge is -2.12. The highest BCUT2D eigenvalue weighted by atomic mass is 35.5. The van der Waals surface area contributed by atoms with Gasteiger partial charge in [-0.15, -0.1) is 0 Å². The molecule has 0 aromatic heterocycles. The number of carbonyl (C=O) groups is 1. The quantitative estimate of drug-likeness (QED) is 0.845. The number of anilines is 1. The van der Waals surface area contributed by atoms with Crippen molar-refractivity contribution in [2.75, 3.05) is 11.9 Å². The van der Waals surface area contributed by atoms with Crippen molar-refractivity contribution in [3.05, 3.63) is 64.2 Å². The molecular formula is C18H22ClN2O+. The van der Waals surface area contributed by atoms with Crippen LogP contribution < -0.4 is 10.6 Å². The molecule has 4 heteroatoms. The van der Waals surface area contributed by atoms with Crippen LogP contribution in [0.1, 0.15) is 23.6 Å². The Morgan fingerprint density at radius 1 is 1.23 bits per heavy atom. The monoisotopic (exact) mass is 317 g/mol. The highest BCUT2D eigenvalue weighted by Crippen LogP contribution is 2.20. The van der Waals surface area contributed by atoms with Gasteiger partial charge in [0.1, 0.15) is 6.54 Å². The maximum atomic E-state index is 12.1. The average molecular weight is 318 g/mol. The van der Waals surface area contributed by atoms with Crippen LogP contribution in [0.4, 0.5) is 5.69 Å². The molecule has 3 nitrogen and oxygen atoms in total. The molecule has 2 aromatic carbocycles. The Bertz CT molecular complexity index is 655. The summed E-state index contributed by atoms with van der Waals surface area (Å²) in [5.74, 6) is 0.0195. The molecule has 0 spiro atoms. The van der Waals surface area contributed by atoms with Gasteiger partial charge in [0.2, 0.25) is 0 Å². The maximum absolute atomic E-state index is 12.1. The molecule has 0 fully saturated rings. The molecule has 116 valence electrons. The second-order valence-electron chi connectivity index (χ2n) is 5.34. The Kier molecular flexibility index (Phi) is 5.99. The largest absolute Gasteiger partial charge is 0.335 e. The number of nitrogens with one attached hydrogen (secondary N) is 1. The number of hydrogen-bond donors (Lipinski definition) is 2. The normalized spacial score (nSPS) is 10.5. The first-order valence-corrected chi connectivity index (χ1v) is 7.92. The first kappa shape index (κ1) is 16.5. The molecule has 0 bridgehead atoms. The molecule has 0 aliphatic heterocycles. The van der Waals surface area contributed by atoms with Gasteiger partial charge in [-0.25, -0.2) is 0 Å². The zero-order valence-corrected chi connectivity index (χ0v) is 13.8. The molecule has 0 heterocycles. The van der Waals surface area contributed by atoms with Gasteiger partial charge in [0.05, 0.1) is 0 Å². The van der Waals surface area contributed by atoms with Gasteiger partial charge in [-0.3, -0.25) is 4.79 Å². The summed E-state index contributed by atoms with van der Waals surface area (Å²) in [6, 6.07) is 13.8. The summed E-state index contributed by atoms with van der Waals surface area (Å²) in [7, 11) is 0. The summed E-state index contributed by atoms with van der Waals surface area (Å²) in [6.07, 6.45) is 0.906. The lowest BCUT2D eigenvalue weighted by molar-refractivity contribution is -0.659. The SMILES string of the molecule is CCc1cccc(C)c1NC(=O)C[NH2+]Cc1cccc(Cl)c1. The minimum absolute atomic E-state index is 0.0195. The van der Waals surface area contributed by atoms with Crippen LogP contribution in [0, 0.1) is 6.92 Å². The van der Waals surface area contributed by atoms with Gasteiger partial charge in [-0.05, 0) is 36.6 Å². The predicted molar refractivity (Wildman–Crippen MR) is 91.1 cm³/mol. The van der Waals surface area contributed by atoms with Crippen LogP contribution in [-0.4, -0.2) is 12.5 Å². The molecule has 22 heavy (non-hydrogen) atoms. The van der Waals surface area contributed by atoms with Crippen LogP contribution in [0.3, 0.4) is 0 Å². The zero-order chi connectivity index (χ0) is 15.9. The van der Waals surface area contributed by atoms with Crippen LogP contribution in [0.25, 0.3) is 0 Å². The minimum Gasteiger partial charge on any atom is -0.335 e. The number of quaternary nitrogens is 1. The van der Waals surface area contributed by atoms with E-state index in [9.17, 15) is 4.79 Å². The van der Waals surface area contributed by atoms with Crippen molar-refractivity contribution in [3.63, 3.8) is 0 Å². The van der Waals surface area contributed by atoms with E-state index in [1.165, 1.54) is 5.56 Å². The number of aryl methyl sites for hydroxylation is 2. The van der Waals surface area contributed by atoms with E-state index in [0.717, 1.165) is 34.8 Å². The number of halogens is 1. The number of benzene rings is 2. The molecule has 0 unspecified atom stereocenters. The van der Waals surface area contributed by atoms with Gasteiger partial charge in [0.15, 0.2) is 6.54 Å². The number of carbonyl (C=O) groups excluding carboxylic acids is 1. The van der Waals surface area contributed by atoms with E-state index in [1.54, 1.807) is 0 Å². The van der Waals surface area contributed by atoms with Crippen LogP contribution in [-0.2, 0) is 17.8 Å². The first-order chi connectivity index (χ1) is 10.6. The Morgan fingerprint density at radius 2 is 2.00 bits per heavy atom. The summed E-state index contributed by atoms with van der Waals surface area (Å²) in [4.78, 5) is 12.1. The van der Waals surface area contributed by atoms with E-state index in [2.05, 4.69) is 18.3 Å². The number of hydrogen-bond acceptors (Lipinski definition) is 1. The third-order valence-corrected chi connectivity index (χ3v) is 3.84. The average Bonchev–Trinajstić information content (AvgIpc) is 2.49. The van der Waals surface area contributed by atoms with Crippen LogP contribution in [0.2, 0.25) is 5.02 Å². The number of para-hydroxylation sites is 1. The van der Waals surface area contributed by atoms with Crippen molar-refractivity contribution in [2.45, 2.75) is 26.8 Å². The minimum atomic E-state index is 0.0195. The number of rotatable bonds is 6. The van der Waals surface area contributed by atoms with Crippen molar-refractivity contribution in [1.29, 1.82) is 0 Å². The van der Waals surface area contributed by atoms with E-state index < -0.39 is 0 Å². The lowest BCUT2D eigenvalue weighted by Crippen LogP contribution is -2.84. The smallest absolute Gasteiger partial charge is 0.279 e. The fourth-order valence-electron chi connectivity index (χ4n) is 2.43. The van der Waals surface area contributed by atoms with Crippen molar-refractivity contribution < 1.29 is 10.1 Å². The van der Waals surface area contributed by atoms with E-state index in [0.29, 0.717) is 6.54 Å². The second-order valence-corrected chi connectivity index (χ2v) is 5.77. The molecule has 0 aliphatic carbocycles. The van der Waals surface area contributed by atoms with E-state index in [4.69, 9.17) is 11.6 Å². The summed E-state index contributed by atoms with van der Waals surface area (Å²) in [6.45, 7) is 5.24. The Labute approximate surface area is 136 Å². The van der Waals surface area contributed by atoms with Gasteiger partial charge in [-0.1, -0.05) is 48.9 Å². The molecule has 2 aromatic rings. The fraction of sp³-hybridized carbons (Fsp3) is 0.278. The topological polar surface area (TPSA) is 45.7 Å². The summed E-state index contributed by atoms with van der Waals surface area (Å²) >= 11 is 5.95. The standard InChI is InChI=1S/C18H21ClN2O/c1-3-15-8-4-6-13(2)18(15)21-17(22)12-20-11-14-7-5-9-16(19)10-14/h4-10,20H,3,11-12H2,1-2H3,(H,21,22)/p+1. The maximum Gasteiger partial charge on any atom is 0.279 e. The van der Waals surface area contributed by atoms with Gasteiger partial charge < -0.3 is 10.6 Å². The molecule has 2 rings (SSSR count). The molecule has 0 radical (unpaired) electrons. The molecule has 0 saturated heterocycles. The molecular weight excluding hydrogens is 296 g/mol. The highest BCUT2D eigenvalue weighted by Gasteiger charge is 2.10. The Balaban J connectivity index is 1.89. The fourth-order valence-corrected chi connectivity index (χ4v) is 2.64. The lowest BCUT2D eigenvalue weighted by atomic mass is 10.1. The van der Waals surface area contributed by atoms with Crippen molar-refractivity contribution >= 4 is 23.2 Å². The van der Waals surface area contributed by atoms with Crippen molar-refractivity contribution in [1.82, 2.24) is 0 Å². The van der Waals surface area contributed by atoms with E-state index in [1.807, 2.05) is 48.6 Å². The number of nitrogens with two attached hydrogens (primary N) is 1. The summed E-state index contributed by atoms with van der Waals surface area (Å²) in [5.41, 5.74) is 4.34. The second kappa shape index (κ2) is 7.97. The highest BCUT2D eigenvalue weighted by molar-refractivity contribution is 6.30. The zero-order valence-electron chi connectivity index (χ0n) is 13.0. The predicted octanol–water partition coefficient (Wildman–Crippen LogP) is 2.91. The number of amides is 1. The Hall–Kier alpha value is -1.84. The van der Waals surface area contributed by atoms with E-state index >= 15 is 0 Å². The molecule has 1 amide bonds. The molecule has 0 saturated carbocycles. The van der Waals surface area contributed by atoms with Gasteiger partial charge >= 0.3 is 0 Å². The van der Waals surface area contributed by atoms with Crippen molar-refractivity contribution in [3.8, 4) is 0 Å². The van der Waals surface area contributed by atoms with Gasteiger partial charge in [0.25, 0.3) is 5.91 Å². The summed E-state index contributed by atoms with van der Waals surface area (Å²) in [5, 5.41) is 5.73. The third kappa shape index (κ3) is 4.58. The van der Waals surface area contributed by atoms with E-state index in [-0.39, 0.29) is 5.91 Å². The first-order valence-electron chi connectivity index (χ1n) is 7.54. The van der Waals surface area contributed by atoms with Crippen LogP contribution >= 0.6 is 11.6 Å². The van der Waals surface area contributed by atoms with Gasteiger partial charge in [-0.2, -0.15) is 0 Å².